The highest BCUT2D eigenvalue weighted by molar-refractivity contribution is 5.39. The van der Waals surface area contributed by atoms with Gasteiger partial charge >= 0.3 is 0 Å². The zero-order chi connectivity index (χ0) is 12.3. The van der Waals surface area contributed by atoms with Gasteiger partial charge in [-0.15, -0.1) is 0 Å². The third kappa shape index (κ3) is 6.09. The van der Waals surface area contributed by atoms with Gasteiger partial charge in [0.1, 0.15) is 5.82 Å². The number of nitrogens with one attached hydrogen (secondary N) is 2. The van der Waals surface area contributed by atoms with Crippen LogP contribution in [0.1, 0.15) is 46.0 Å². The lowest BCUT2D eigenvalue weighted by atomic mass is 10.2. The molecule has 17 heavy (non-hydrogen) atoms. The minimum atomic E-state index is 0.725. The van der Waals surface area contributed by atoms with E-state index in [4.69, 9.17) is 0 Å². The van der Waals surface area contributed by atoms with Gasteiger partial charge in [0, 0.05) is 19.3 Å². The van der Waals surface area contributed by atoms with Crippen LogP contribution >= 0.6 is 0 Å². The number of unbranched alkanes of at least 4 members (excludes halogenated alkanes) is 3. The largest absolute Gasteiger partial charge is 0.370 e. The van der Waals surface area contributed by atoms with E-state index in [1.54, 1.807) is 6.20 Å². The van der Waals surface area contributed by atoms with Crippen molar-refractivity contribution < 1.29 is 0 Å². The van der Waals surface area contributed by atoms with Crippen molar-refractivity contribution in [2.75, 3.05) is 23.7 Å². The molecule has 0 amide bonds. The number of nitrogens with zero attached hydrogens (tertiary/aromatic N) is 2. The fourth-order valence-corrected chi connectivity index (χ4v) is 1.51. The molecule has 0 aliphatic rings. The molecule has 0 bridgehead atoms. The van der Waals surface area contributed by atoms with Crippen LogP contribution in [-0.4, -0.2) is 23.1 Å². The second kappa shape index (κ2) is 8.79. The molecule has 0 atom stereocenters. The molecule has 0 spiro atoms. The first-order valence-corrected chi connectivity index (χ1v) is 6.67. The summed E-state index contributed by atoms with van der Waals surface area (Å²) in [5, 5.41) is 6.54. The van der Waals surface area contributed by atoms with Gasteiger partial charge in [0.15, 0.2) is 0 Å². The van der Waals surface area contributed by atoms with Crippen LogP contribution in [0.2, 0.25) is 0 Å². The van der Waals surface area contributed by atoms with Gasteiger partial charge in [-0.25, -0.2) is 4.98 Å². The van der Waals surface area contributed by atoms with E-state index in [2.05, 4.69) is 34.4 Å². The lowest BCUT2D eigenvalue weighted by Crippen LogP contribution is -2.08. The van der Waals surface area contributed by atoms with E-state index >= 15 is 0 Å². The molecule has 0 aliphatic carbocycles. The molecule has 1 aromatic rings. The molecular formula is C13H24N4. The Bertz CT molecular complexity index is 301. The maximum atomic E-state index is 4.41. The Morgan fingerprint density at radius 3 is 2.53 bits per heavy atom. The summed E-state index contributed by atoms with van der Waals surface area (Å²) in [7, 11) is 0. The molecule has 0 fully saturated rings. The molecule has 0 unspecified atom stereocenters. The summed E-state index contributed by atoms with van der Waals surface area (Å²) in [6.45, 7) is 6.31. The van der Waals surface area contributed by atoms with E-state index in [-0.39, 0.29) is 0 Å². The molecule has 4 nitrogen and oxygen atoms in total. The maximum absolute atomic E-state index is 4.41. The van der Waals surface area contributed by atoms with Crippen LogP contribution in [-0.2, 0) is 0 Å². The topological polar surface area (TPSA) is 49.8 Å². The van der Waals surface area contributed by atoms with Crippen molar-refractivity contribution in [1.29, 1.82) is 0 Å². The first-order valence-electron chi connectivity index (χ1n) is 6.67. The molecule has 1 rings (SSSR count). The zero-order valence-electron chi connectivity index (χ0n) is 11.0. The number of aromatic nitrogens is 2. The SMILES string of the molecule is CCCCCNc1nccc(NCCCC)n1. The average molecular weight is 236 g/mol. The first-order chi connectivity index (χ1) is 8.36. The van der Waals surface area contributed by atoms with Gasteiger partial charge in [-0.05, 0) is 18.9 Å². The summed E-state index contributed by atoms with van der Waals surface area (Å²) in [6.07, 6.45) is 7.82. The summed E-state index contributed by atoms with van der Waals surface area (Å²) in [5.41, 5.74) is 0. The monoisotopic (exact) mass is 236 g/mol. The van der Waals surface area contributed by atoms with E-state index in [9.17, 15) is 0 Å². The number of hydrogen-bond acceptors (Lipinski definition) is 4. The summed E-state index contributed by atoms with van der Waals surface area (Å²) in [4.78, 5) is 8.61. The minimum Gasteiger partial charge on any atom is -0.370 e. The van der Waals surface area contributed by atoms with E-state index in [0.717, 1.165) is 24.9 Å². The summed E-state index contributed by atoms with van der Waals surface area (Å²) >= 11 is 0. The van der Waals surface area contributed by atoms with Crippen molar-refractivity contribution in [3.05, 3.63) is 12.3 Å². The fraction of sp³-hybridized carbons (Fsp3) is 0.692. The first kappa shape index (κ1) is 13.7. The molecule has 0 aromatic carbocycles. The quantitative estimate of drug-likeness (QED) is 0.646. The van der Waals surface area contributed by atoms with Gasteiger partial charge < -0.3 is 10.6 Å². The van der Waals surface area contributed by atoms with Gasteiger partial charge in [-0.1, -0.05) is 33.1 Å². The van der Waals surface area contributed by atoms with E-state index in [1.807, 2.05) is 6.07 Å². The molecule has 96 valence electrons. The lowest BCUT2D eigenvalue weighted by molar-refractivity contribution is 0.740. The van der Waals surface area contributed by atoms with Gasteiger partial charge in [-0.3, -0.25) is 0 Å². The second-order valence-corrected chi connectivity index (χ2v) is 4.18. The highest BCUT2D eigenvalue weighted by atomic mass is 15.1. The third-order valence-electron chi connectivity index (χ3n) is 2.56. The maximum Gasteiger partial charge on any atom is 0.224 e. The molecule has 1 heterocycles. The van der Waals surface area contributed by atoms with E-state index in [1.165, 1.54) is 32.1 Å². The Morgan fingerprint density at radius 1 is 1.00 bits per heavy atom. The summed E-state index contributed by atoms with van der Waals surface area (Å²) in [5.74, 6) is 1.63. The predicted molar refractivity (Wildman–Crippen MR) is 73.4 cm³/mol. The van der Waals surface area contributed by atoms with Crippen LogP contribution in [0.4, 0.5) is 11.8 Å². The molecule has 0 saturated carbocycles. The van der Waals surface area contributed by atoms with Gasteiger partial charge in [0.2, 0.25) is 5.95 Å². The predicted octanol–water partition coefficient (Wildman–Crippen LogP) is 3.29. The van der Waals surface area contributed by atoms with Crippen LogP contribution in [0, 0.1) is 0 Å². The molecule has 4 heteroatoms. The van der Waals surface area contributed by atoms with Crippen LogP contribution in [0.25, 0.3) is 0 Å². The highest BCUT2D eigenvalue weighted by Crippen LogP contribution is 2.06. The molecule has 0 radical (unpaired) electrons. The van der Waals surface area contributed by atoms with E-state index in [0.29, 0.717) is 0 Å². The summed E-state index contributed by atoms with van der Waals surface area (Å²) < 4.78 is 0. The minimum absolute atomic E-state index is 0.725. The molecule has 1 aromatic heterocycles. The molecule has 0 saturated heterocycles. The van der Waals surface area contributed by atoms with Crippen LogP contribution in [0.5, 0.6) is 0 Å². The number of anilines is 2. The number of hydrogen-bond donors (Lipinski definition) is 2. The van der Waals surface area contributed by atoms with Crippen molar-refractivity contribution >= 4 is 11.8 Å². The highest BCUT2D eigenvalue weighted by Gasteiger charge is 1.97. The van der Waals surface area contributed by atoms with Crippen molar-refractivity contribution in [3.63, 3.8) is 0 Å². The lowest BCUT2D eigenvalue weighted by Gasteiger charge is -2.07. The van der Waals surface area contributed by atoms with Crippen molar-refractivity contribution in [2.45, 2.75) is 46.0 Å². The smallest absolute Gasteiger partial charge is 0.224 e. The van der Waals surface area contributed by atoms with E-state index < -0.39 is 0 Å². The Labute approximate surface area is 104 Å². The molecular weight excluding hydrogens is 212 g/mol. The Morgan fingerprint density at radius 2 is 1.76 bits per heavy atom. The third-order valence-corrected chi connectivity index (χ3v) is 2.56. The normalized spacial score (nSPS) is 10.2. The van der Waals surface area contributed by atoms with Crippen LogP contribution < -0.4 is 10.6 Å². The van der Waals surface area contributed by atoms with Crippen molar-refractivity contribution in [3.8, 4) is 0 Å². The van der Waals surface area contributed by atoms with Crippen molar-refractivity contribution in [1.82, 2.24) is 9.97 Å². The Kier molecular flexibility index (Phi) is 7.11. The Balaban J connectivity index is 2.31. The molecule has 2 N–H and O–H groups in total. The van der Waals surface area contributed by atoms with Crippen molar-refractivity contribution in [2.24, 2.45) is 0 Å². The van der Waals surface area contributed by atoms with Crippen LogP contribution in [0.15, 0.2) is 12.3 Å². The Hall–Kier alpha value is -1.32. The zero-order valence-corrected chi connectivity index (χ0v) is 11.0. The fourth-order valence-electron chi connectivity index (χ4n) is 1.51. The van der Waals surface area contributed by atoms with Gasteiger partial charge in [-0.2, -0.15) is 4.98 Å². The second-order valence-electron chi connectivity index (χ2n) is 4.18. The number of rotatable bonds is 9. The summed E-state index contributed by atoms with van der Waals surface area (Å²) in [6, 6.07) is 1.91. The average Bonchev–Trinajstić information content (AvgIpc) is 2.36. The standard InChI is InChI=1S/C13H24N4/c1-3-5-7-10-15-13-16-11-8-12(17-13)14-9-6-4-2/h8,11H,3-7,9-10H2,1-2H3,(H2,14,15,16,17). The van der Waals surface area contributed by atoms with Crippen LogP contribution in [0.3, 0.4) is 0 Å². The van der Waals surface area contributed by atoms with Gasteiger partial charge in [0.25, 0.3) is 0 Å². The molecule has 0 aliphatic heterocycles. The van der Waals surface area contributed by atoms with Gasteiger partial charge in [0.05, 0.1) is 0 Å².